The topological polar surface area (TPSA) is 28.2 Å². The van der Waals surface area contributed by atoms with Crippen LogP contribution in [0.3, 0.4) is 0 Å². The highest BCUT2D eigenvalue weighted by atomic mass is 15.3. The molecule has 0 spiro atoms. The summed E-state index contributed by atoms with van der Waals surface area (Å²) in [5.74, 6) is 0.686. The van der Waals surface area contributed by atoms with Gasteiger partial charge in [0.05, 0.1) is 24.1 Å². The Bertz CT molecular complexity index is 652. The lowest BCUT2D eigenvalue weighted by Crippen LogP contribution is -2.34. The molecule has 0 amide bonds. The molecule has 2 aromatic rings. The maximum Gasteiger partial charge on any atom is 0.0689 e. The summed E-state index contributed by atoms with van der Waals surface area (Å²) >= 11 is 0. The molecular formula is C18H21N3. The van der Waals surface area contributed by atoms with Crippen molar-refractivity contribution in [2.75, 3.05) is 18.1 Å². The van der Waals surface area contributed by atoms with E-state index in [1.165, 1.54) is 28.9 Å². The van der Waals surface area contributed by atoms with E-state index in [0.717, 1.165) is 19.6 Å². The molecule has 0 bridgehead atoms. The minimum Gasteiger partial charge on any atom is -0.350 e. The zero-order valence-corrected chi connectivity index (χ0v) is 12.4. The van der Waals surface area contributed by atoms with Crippen molar-refractivity contribution in [2.45, 2.75) is 25.8 Å². The van der Waals surface area contributed by atoms with E-state index in [9.17, 15) is 0 Å². The Morgan fingerprint density at radius 2 is 2.10 bits per heavy atom. The van der Waals surface area contributed by atoms with Gasteiger partial charge in [-0.3, -0.25) is 10.3 Å². The van der Waals surface area contributed by atoms with E-state index in [0.29, 0.717) is 12.0 Å². The summed E-state index contributed by atoms with van der Waals surface area (Å²) in [6.07, 6.45) is 4.04. The van der Waals surface area contributed by atoms with Crippen molar-refractivity contribution >= 4 is 5.69 Å². The van der Waals surface area contributed by atoms with Crippen molar-refractivity contribution in [1.82, 2.24) is 10.3 Å². The van der Waals surface area contributed by atoms with E-state index in [1.54, 1.807) is 0 Å². The van der Waals surface area contributed by atoms with Crippen LogP contribution in [0.4, 0.5) is 5.69 Å². The summed E-state index contributed by atoms with van der Waals surface area (Å²) in [7, 11) is 0. The van der Waals surface area contributed by atoms with Gasteiger partial charge in [-0.2, -0.15) is 0 Å². The molecule has 3 heteroatoms. The second-order valence-corrected chi connectivity index (χ2v) is 6.28. The highest BCUT2D eigenvalue weighted by Crippen LogP contribution is 2.39. The van der Waals surface area contributed by atoms with Gasteiger partial charge < -0.3 is 4.90 Å². The van der Waals surface area contributed by atoms with Crippen LogP contribution in [-0.4, -0.2) is 18.2 Å². The number of hydrogen-bond acceptors (Lipinski definition) is 3. The van der Waals surface area contributed by atoms with Gasteiger partial charge in [0.1, 0.15) is 0 Å². The van der Waals surface area contributed by atoms with Crippen molar-refractivity contribution in [2.24, 2.45) is 5.92 Å². The third-order valence-electron chi connectivity index (χ3n) is 4.72. The summed E-state index contributed by atoms with van der Waals surface area (Å²) in [5, 5.41) is 3.59. The van der Waals surface area contributed by atoms with Gasteiger partial charge in [0, 0.05) is 12.6 Å². The summed E-state index contributed by atoms with van der Waals surface area (Å²) in [4.78, 5) is 7.16. The predicted molar refractivity (Wildman–Crippen MR) is 85.4 cm³/mol. The predicted octanol–water partition coefficient (Wildman–Crippen LogP) is 3.12. The second kappa shape index (κ2) is 5.15. The Hall–Kier alpha value is -1.87. The number of anilines is 1. The van der Waals surface area contributed by atoms with E-state index in [4.69, 9.17) is 0 Å². The fraction of sp³-hybridized carbons (Fsp3) is 0.389. The van der Waals surface area contributed by atoms with Crippen LogP contribution in [0.15, 0.2) is 42.6 Å². The van der Waals surface area contributed by atoms with Gasteiger partial charge in [-0.05, 0) is 42.1 Å². The molecule has 21 heavy (non-hydrogen) atoms. The average molecular weight is 279 g/mol. The summed E-state index contributed by atoms with van der Waals surface area (Å²) in [6.45, 7) is 4.33. The van der Waals surface area contributed by atoms with Crippen LogP contribution in [-0.2, 0) is 6.42 Å². The number of nitrogens with zero attached hydrogens (tertiary/aromatic N) is 2. The highest BCUT2D eigenvalue weighted by molar-refractivity contribution is 5.57. The number of fused-ring (bicyclic) bond motifs is 5. The zero-order valence-electron chi connectivity index (χ0n) is 12.4. The van der Waals surface area contributed by atoms with Crippen molar-refractivity contribution in [3.63, 3.8) is 0 Å². The molecule has 1 fully saturated rings. The smallest absolute Gasteiger partial charge is 0.0689 e. The molecule has 3 heterocycles. The lowest BCUT2D eigenvalue weighted by molar-refractivity contribution is 0.490. The molecule has 2 atom stereocenters. The lowest BCUT2D eigenvalue weighted by atomic mass is 9.92. The van der Waals surface area contributed by atoms with Gasteiger partial charge in [0.2, 0.25) is 0 Å². The molecule has 2 aliphatic heterocycles. The quantitative estimate of drug-likeness (QED) is 0.803. The van der Waals surface area contributed by atoms with E-state index < -0.39 is 0 Å². The molecule has 1 N–H and O–H groups in total. The van der Waals surface area contributed by atoms with Crippen LogP contribution in [0, 0.1) is 5.92 Å². The number of benzene rings is 1. The molecule has 2 aliphatic rings. The molecule has 0 saturated carbocycles. The number of nitrogens with one attached hydrogen (secondary N) is 1. The monoisotopic (exact) mass is 279 g/mol. The maximum atomic E-state index is 4.65. The van der Waals surface area contributed by atoms with Crippen LogP contribution in [0.5, 0.6) is 0 Å². The largest absolute Gasteiger partial charge is 0.350 e. The first-order valence-corrected chi connectivity index (χ1v) is 7.82. The summed E-state index contributed by atoms with van der Waals surface area (Å²) in [5.41, 5.74) is 5.40. The third-order valence-corrected chi connectivity index (χ3v) is 4.72. The number of hydrogen-bond donors (Lipinski definition) is 1. The van der Waals surface area contributed by atoms with Crippen molar-refractivity contribution in [3.8, 4) is 0 Å². The van der Waals surface area contributed by atoms with E-state index in [-0.39, 0.29) is 0 Å². The molecule has 4 rings (SSSR count). The average Bonchev–Trinajstić information content (AvgIpc) is 2.76. The first kappa shape index (κ1) is 12.8. The zero-order chi connectivity index (χ0) is 14.2. The Balaban J connectivity index is 1.90. The van der Waals surface area contributed by atoms with Gasteiger partial charge in [-0.25, -0.2) is 0 Å². The number of rotatable bonds is 0. The Labute approximate surface area is 126 Å². The van der Waals surface area contributed by atoms with Crippen LogP contribution in [0.1, 0.15) is 36.2 Å². The molecule has 108 valence electrons. The van der Waals surface area contributed by atoms with Crippen molar-refractivity contribution in [1.29, 1.82) is 0 Å². The first-order chi connectivity index (χ1) is 10.3. The van der Waals surface area contributed by atoms with Crippen LogP contribution >= 0.6 is 0 Å². The molecule has 0 aliphatic carbocycles. The highest BCUT2D eigenvalue weighted by Gasteiger charge is 2.31. The van der Waals surface area contributed by atoms with E-state index in [1.807, 2.05) is 6.20 Å². The van der Waals surface area contributed by atoms with Gasteiger partial charge >= 0.3 is 0 Å². The van der Waals surface area contributed by atoms with Crippen LogP contribution in [0.2, 0.25) is 0 Å². The number of pyridine rings is 1. The number of aromatic nitrogens is 1. The van der Waals surface area contributed by atoms with Gasteiger partial charge in [-0.1, -0.05) is 31.2 Å². The molecule has 1 aromatic heterocycles. The molecular weight excluding hydrogens is 258 g/mol. The fourth-order valence-corrected chi connectivity index (χ4v) is 3.71. The minimum absolute atomic E-state index is 0.455. The molecule has 3 nitrogen and oxygen atoms in total. The molecule has 1 aromatic carbocycles. The normalized spacial score (nSPS) is 24.3. The summed E-state index contributed by atoms with van der Waals surface area (Å²) < 4.78 is 0. The second-order valence-electron chi connectivity index (χ2n) is 6.28. The van der Waals surface area contributed by atoms with Crippen molar-refractivity contribution in [3.05, 3.63) is 59.4 Å². The lowest BCUT2D eigenvalue weighted by Gasteiger charge is -2.32. The first-order valence-electron chi connectivity index (χ1n) is 7.82. The summed E-state index contributed by atoms with van der Waals surface area (Å²) in [6, 6.07) is 13.6. The van der Waals surface area contributed by atoms with E-state index >= 15 is 0 Å². The van der Waals surface area contributed by atoms with Crippen LogP contribution in [0.25, 0.3) is 0 Å². The molecule has 1 saturated heterocycles. The Morgan fingerprint density at radius 3 is 3.05 bits per heavy atom. The van der Waals surface area contributed by atoms with Gasteiger partial charge in [0.25, 0.3) is 0 Å². The molecule has 2 unspecified atom stereocenters. The minimum atomic E-state index is 0.455. The van der Waals surface area contributed by atoms with E-state index in [2.05, 4.69) is 58.5 Å². The molecule has 0 radical (unpaired) electrons. The SMILES string of the molecule is CC1CNCN2c3cccnc3Cc3ccccc3C2C1. The van der Waals surface area contributed by atoms with Gasteiger partial charge in [0.15, 0.2) is 0 Å². The van der Waals surface area contributed by atoms with Crippen molar-refractivity contribution < 1.29 is 0 Å². The fourth-order valence-electron chi connectivity index (χ4n) is 3.71. The maximum absolute atomic E-state index is 4.65. The third kappa shape index (κ3) is 2.22. The standard InChI is InChI=1S/C18H21N3/c1-13-9-18-15-6-3-2-5-14(15)10-16-17(7-4-8-20-16)21(18)12-19-11-13/h2-8,13,18-19H,9-12H2,1H3. The van der Waals surface area contributed by atoms with Crippen LogP contribution < -0.4 is 10.2 Å². The Morgan fingerprint density at radius 1 is 1.19 bits per heavy atom. The Kier molecular flexibility index (Phi) is 3.15. The van der Waals surface area contributed by atoms with Gasteiger partial charge in [-0.15, -0.1) is 0 Å².